The Bertz CT molecular complexity index is 721. The molecule has 1 amide bonds. The number of ether oxygens (including phenoxy) is 1. The highest BCUT2D eigenvalue weighted by atomic mass is 35.5. The van der Waals surface area contributed by atoms with Crippen LogP contribution in [0.25, 0.3) is 0 Å². The van der Waals surface area contributed by atoms with Gasteiger partial charge in [0.05, 0.1) is 12.5 Å². The number of hydrogen-bond acceptors (Lipinski definition) is 3. The molecule has 1 aliphatic rings. The summed E-state index contributed by atoms with van der Waals surface area (Å²) >= 11 is 0. The van der Waals surface area contributed by atoms with Gasteiger partial charge in [-0.25, -0.2) is 0 Å². The first kappa shape index (κ1) is 20.3. The quantitative estimate of drug-likeness (QED) is 0.872. The average molecular weight is 375 g/mol. The summed E-state index contributed by atoms with van der Waals surface area (Å²) in [5.74, 6) is 1.09. The number of amides is 1. The van der Waals surface area contributed by atoms with Crippen LogP contribution in [-0.4, -0.2) is 36.0 Å². The largest absolute Gasteiger partial charge is 0.491 e. The fraction of sp³-hybridized carbons (Fsp3) is 0.381. The van der Waals surface area contributed by atoms with Crippen LogP contribution in [0.4, 0.5) is 0 Å². The van der Waals surface area contributed by atoms with Crippen molar-refractivity contribution in [3.63, 3.8) is 0 Å². The van der Waals surface area contributed by atoms with Crippen LogP contribution in [0.1, 0.15) is 30.9 Å². The van der Waals surface area contributed by atoms with E-state index in [2.05, 4.69) is 12.1 Å². The molecule has 2 atom stereocenters. The summed E-state index contributed by atoms with van der Waals surface area (Å²) in [6.45, 7) is 5.26. The second kappa shape index (κ2) is 9.06. The van der Waals surface area contributed by atoms with Crippen LogP contribution >= 0.6 is 12.4 Å². The van der Waals surface area contributed by atoms with E-state index in [1.807, 2.05) is 61.2 Å². The lowest BCUT2D eigenvalue weighted by Gasteiger charge is -2.18. The molecule has 5 heteroatoms. The SMILES string of the molecule is CC(C)Oc1ccccc1CC(=O)N1C[C@@H](N)[C@H](c2ccccc2)C1.Cl. The minimum atomic E-state index is -0.0199. The molecule has 2 aromatic carbocycles. The van der Waals surface area contributed by atoms with Crippen molar-refractivity contribution in [2.24, 2.45) is 5.73 Å². The van der Waals surface area contributed by atoms with Gasteiger partial charge in [0.15, 0.2) is 0 Å². The lowest BCUT2D eigenvalue weighted by atomic mass is 9.95. The number of halogens is 1. The molecule has 0 radical (unpaired) electrons. The van der Waals surface area contributed by atoms with E-state index < -0.39 is 0 Å². The highest BCUT2D eigenvalue weighted by molar-refractivity contribution is 5.85. The molecule has 26 heavy (non-hydrogen) atoms. The Kier molecular flexibility index (Phi) is 7.06. The first-order valence-electron chi connectivity index (χ1n) is 8.87. The number of likely N-dealkylation sites (tertiary alicyclic amines) is 1. The maximum atomic E-state index is 12.8. The van der Waals surface area contributed by atoms with Crippen LogP contribution in [0.3, 0.4) is 0 Å². The number of benzene rings is 2. The van der Waals surface area contributed by atoms with Crippen LogP contribution in [0.15, 0.2) is 54.6 Å². The van der Waals surface area contributed by atoms with Crippen molar-refractivity contribution in [1.29, 1.82) is 0 Å². The predicted octanol–water partition coefficient (Wildman–Crippen LogP) is 3.39. The molecule has 4 nitrogen and oxygen atoms in total. The molecule has 2 N–H and O–H groups in total. The van der Waals surface area contributed by atoms with Gasteiger partial charge in [-0.3, -0.25) is 4.79 Å². The van der Waals surface area contributed by atoms with Crippen molar-refractivity contribution in [2.75, 3.05) is 13.1 Å². The van der Waals surface area contributed by atoms with E-state index in [-0.39, 0.29) is 36.4 Å². The summed E-state index contributed by atoms with van der Waals surface area (Å²) in [6.07, 6.45) is 0.427. The van der Waals surface area contributed by atoms with Crippen LogP contribution < -0.4 is 10.5 Å². The number of nitrogens with zero attached hydrogens (tertiary/aromatic N) is 1. The van der Waals surface area contributed by atoms with Crippen LogP contribution in [0.2, 0.25) is 0 Å². The van der Waals surface area contributed by atoms with Gasteiger partial charge in [0.2, 0.25) is 5.91 Å². The highest BCUT2D eigenvalue weighted by Crippen LogP contribution is 2.28. The first-order chi connectivity index (χ1) is 12.0. The highest BCUT2D eigenvalue weighted by Gasteiger charge is 2.33. The zero-order chi connectivity index (χ0) is 17.8. The first-order valence-corrected chi connectivity index (χ1v) is 8.87. The minimum Gasteiger partial charge on any atom is -0.491 e. The zero-order valence-electron chi connectivity index (χ0n) is 15.3. The Morgan fingerprint density at radius 2 is 1.77 bits per heavy atom. The molecule has 1 aliphatic heterocycles. The topological polar surface area (TPSA) is 55.6 Å². The lowest BCUT2D eigenvalue weighted by molar-refractivity contribution is -0.129. The predicted molar refractivity (Wildman–Crippen MR) is 107 cm³/mol. The normalized spacial score (nSPS) is 19.3. The van der Waals surface area contributed by atoms with Crippen molar-refractivity contribution in [3.8, 4) is 5.75 Å². The number of nitrogens with two attached hydrogens (primary N) is 1. The Balaban J connectivity index is 0.00000243. The Hall–Kier alpha value is -2.04. The maximum Gasteiger partial charge on any atom is 0.227 e. The standard InChI is InChI=1S/C21H26N2O2.ClH/c1-15(2)25-20-11-7-6-10-17(20)12-21(24)23-13-18(19(22)14-23)16-8-4-3-5-9-16;/h3-11,15,18-19H,12-14,22H2,1-2H3;1H/t18-,19+;/m0./s1. The number of carbonyl (C=O) groups excluding carboxylic acids is 1. The molecule has 1 fully saturated rings. The Labute approximate surface area is 161 Å². The van der Waals surface area contributed by atoms with Gasteiger partial charge in [-0.2, -0.15) is 0 Å². The van der Waals surface area contributed by atoms with Crippen LogP contribution in [-0.2, 0) is 11.2 Å². The number of para-hydroxylation sites is 1. The summed E-state index contributed by atoms with van der Waals surface area (Å²) in [5.41, 5.74) is 8.44. The average Bonchev–Trinajstić information content (AvgIpc) is 2.99. The maximum absolute atomic E-state index is 12.8. The number of hydrogen-bond donors (Lipinski definition) is 1. The second-order valence-corrected chi connectivity index (χ2v) is 6.93. The molecule has 1 heterocycles. The molecule has 0 aromatic heterocycles. The van der Waals surface area contributed by atoms with Gasteiger partial charge < -0.3 is 15.4 Å². The molecule has 140 valence electrons. The third-order valence-electron chi connectivity index (χ3n) is 4.62. The Morgan fingerprint density at radius 1 is 1.12 bits per heavy atom. The summed E-state index contributed by atoms with van der Waals surface area (Å²) < 4.78 is 5.82. The van der Waals surface area contributed by atoms with Crippen LogP contribution in [0, 0.1) is 0 Å². The van der Waals surface area contributed by atoms with E-state index in [1.54, 1.807) is 0 Å². The lowest BCUT2D eigenvalue weighted by Crippen LogP contribution is -2.33. The van der Waals surface area contributed by atoms with E-state index in [4.69, 9.17) is 10.5 Å². The zero-order valence-corrected chi connectivity index (χ0v) is 16.1. The fourth-order valence-electron chi connectivity index (χ4n) is 3.38. The van der Waals surface area contributed by atoms with Gasteiger partial charge in [0.25, 0.3) is 0 Å². The van der Waals surface area contributed by atoms with Crippen molar-refractivity contribution in [2.45, 2.75) is 38.3 Å². The molecule has 1 saturated heterocycles. The molecule has 3 rings (SSSR count). The molecular formula is C21H27ClN2O2. The van der Waals surface area contributed by atoms with Crippen LogP contribution in [0.5, 0.6) is 5.75 Å². The molecule has 0 saturated carbocycles. The van der Waals surface area contributed by atoms with Crippen molar-refractivity contribution in [3.05, 3.63) is 65.7 Å². The third-order valence-corrected chi connectivity index (χ3v) is 4.62. The van der Waals surface area contributed by atoms with Crippen molar-refractivity contribution >= 4 is 18.3 Å². The number of rotatable bonds is 5. The summed E-state index contributed by atoms with van der Waals surface area (Å²) in [4.78, 5) is 14.7. The monoisotopic (exact) mass is 374 g/mol. The smallest absolute Gasteiger partial charge is 0.227 e. The Morgan fingerprint density at radius 3 is 2.46 bits per heavy atom. The van der Waals surface area contributed by atoms with Crippen molar-refractivity contribution in [1.82, 2.24) is 4.90 Å². The molecular weight excluding hydrogens is 348 g/mol. The van der Waals surface area contributed by atoms with E-state index in [0.29, 0.717) is 19.5 Å². The van der Waals surface area contributed by atoms with E-state index in [9.17, 15) is 4.79 Å². The summed E-state index contributed by atoms with van der Waals surface area (Å²) in [6, 6.07) is 18.0. The molecule has 0 unspecified atom stereocenters. The second-order valence-electron chi connectivity index (χ2n) is 6.93. The molecule has 0 aliphatic carbocycles. The molecule has 2 aromatic rings. The van der Waals surface area contributed by atoms with Crippen molar-refractivity contribution < 1.29 is 9.53 Å². The van der Waals surface area contributed by atoms with Gasteiger partial charge in [-0.05, 0) is 25.5 Å². The van der Waals surface area contributed by atoms with E-state index in [0.717, 1.165) is 11.3 Å². The van der Waals surface area contributed by atoms with E-state index >= 15 is 0 Å². The van der Waals surface area contributed by atoms with Gasteiger partial charge in [-0.15, -0.1) is 12.4 Å². The molecule has 0 bridgehead atoms. The molecule has 0 spiro atoms. The third kappa shape index (κ3) is 4.77. The van der Waals surface area contributed by atoms with Gasteiger partial charge in [-0.1, -0.05) is 48.5 Å². The van der Waals surface area contributed by atoms with Gasteiger partial charge in [0.1, 0.15) is 5.75 Å². The van der Waals surface area contributed by atoms with Gasteiger partial charge in [0, 0.05) is 30.6 Å². The van der Waals surface area contributed by atoms with Gasteiger partial charge >= 0.3 is 0 Å². The summed E-state index contributed by atoms with van der Waals surface area (Å²) in [5, 5.41) is 0. The summed E-state index contributed by atoms with van der Waals surface area (Å²) in [7, 11) is 0. The number of carbonyl (C=O) groups is 1. The fourth-order valence-corrected chi connectivity index (χ4v) is 3.38. The van der Waals surface area contributed by atoms with E-state index in [1.165, 1.54) is 5.56 Å². The minimum absolute atomic E-state index is 0.